The van der Waals surface area contributed by atoms with E-state index in [1.165, 1.54) is 16.4 Å². The Kier molecular flexibility index (Phi) is 8.15. The Labute approximate surface area is 197 Å². The molecule has 180 valence electrons. The summed E-state index contributed by atoms with van der Waals surface area (Å²) >= 11 is 0. The predicted molar refractivity (Wildman–Crippen MR) is 128 cm³/mol. The lowest BCUT2D eigenvalue weighted by Gasteiger charge is -2.38. The molecular formula is C25H34N2O5S. The van der Waals surface area contributed by atoms with Gasteiger partial charge in [0.1, 0.15) is 5.75 Å². The van der Waals surface area contributed by atoms with Crippen molar-refractivity contribution in [3.05, 3.63) is 59.7 Å². The maximum Gasteiger partial charge on any atom is 0.251 e. The third kappa shape index (κ3) is 5.75. The lowest BCUT2D eigenvalue weighted by Crippen LogP contribution is -2.44. The highest BCUT2D eigenvalue weighted by Crippen LogP contribution is 2.35. The molecule has 2 aromatic rings. The minimum absolute atomic E-state index is 0.110. The second kappa shape index (κ2) is 10.7. The number of sulfonamides is 1. The Balaban J connectivity index is 1.79. The van der Waals surface area contributed by atoms with E-state index in [0.717, 1.165) is 24.2 Å². The van der Waals surface area contributed by atoms with Gasteiger partial charge in [-0.1, -0.05) is 18.2 Å². The highest BCUT2D eigenvalue weighted by molar-refractivity contribution is 7.89. The predicted octanol–water partition coefficient (Wildman–Crippen LogP) is 3.59. The van der Waals surface area contributed by atoms with Crippen molar-refractivity contribution in [1.82, 2.24) is 9.62 Å². The summed E-state index contributed by atoms with van der Waals surface area (Å²) in [4.78, 5) is 13.1. The van der Waals surface area contributed by atoms with Crippen molar-refractivity contribution in [3.8, 4) is 5.75 Å². The normalized spacial score (nSPS) is 16.1. The molecule has 0 saturated carbocycles. The zero-order valence-corrected chi connectivity index (χ0v) is 20.7. The van der Waals surface area contributed by atoms with E-state index in [4.69, 9.17) is 9.47 Å². The monoisotopic (exact) mass is 474 g/mol. The number of benzene rings is 2. The standard InChI is InChI=1S/C25H34N2O5S/c1-5-32-22-11-9-21(10-12-22)25(13-15-31-16-14-25)18-26-24(28)20-7-6-8-23(17-20)33(29,30)27(4)19(2)3/h6-12,17,19H,5,13-16,18H2,1-4H3,(H,26,28). The van der Waals surface area contributed by atoms with Crippen LogP contribution in [0.4, 0.5) is 0 Å². The Morgan fingerprint density at radius 1 is 1.15 bits per heavy atom. The van der Waals surface area contributed by atoms with Crippen LogP contribution in [0.1, 0.15) is 49.5 Å². The molecule has 0 aromatic heterocycles. The van der Waals surface area contributed by atoms with Crippen LogP contribution in [0.5, 0.6) is 5.75 Å². The number of nitrogens with zero attached hydrogens (tertiary/aromatic N) is 1. The van der Waals surface area contributed by atoms with Crippen LogP contribution in [0.25, 0.3) is 0 Å². The average Bonchev–Trinajstić information content (AvgIpc) is 2.83. The highest BCUT2D eigenvalue weighted by atomic mass is 32.2. The van der Waals surface area contributed by atoms with Crippen LogP contribution < -0.4 is 10.1 Å². The molecule has 0 unspecified atom stereocenters. The van der Waals surface area contributed by atoms with E-state index in [2.05, 4.69) is 17.4 Å². The van der Waals surface area contributed by atoms with Gasteiger partial charge in [-0.3, -0.25) is 4.79 Å². The number of amides is 1. The molecule has 1 aliphatic heterocycles. The fourth-order valence-electron chi connectivity index (χ4n) is 3.99. The molecule has 0 bridgehead atoms. The molecule has 1 heterocycles. The van der Waals surface area contributed by atoms with Gasteiger partial charge in [0.15, 0.2) is 0 Å². The topological polar surface area (TPSA) is 84.9 Å². The number of hydrogen-bond donors (Lipinski definition) is 1. The molecule has 0 aliphatic carbocycles. The van der Waals surface area contributed by atoms with Crippen molar-refractivity contribution >= 4 is 15.9 Å². The lowest BCUT2D eigenvalue weighted by molar-refractivity contribution is 0.0487. The Hall–Kier alpha value is -2.42. The van der Waals surface area contributed by atoms with Gasteiger partial charge in [-0.25, -0.2) is 8.42 Å². The summed E-state index contributed by atoms with van der Waals surface area (Å²) in [5, 5.41) is 3.04. The van der Waals surface area contributed by atoms with Crippen LogP contribution in [-0.2, 0) is 20.2 Å². The van der Waals surface area contributed by atoms with E-state index < -0.39 is 10.0 Å². The summed E-state index contributed by atoms with van der Waals surface area (Å²) in [6.07, 6.45) is 1.57. The number of hydrogen-bond acceptors (Lipinski definition) is 5. The van der Waals surface area contributed by atoms with Crippen molar-refractivity contribution in [2.24, 2.45) is 0 Å². The molecule has 1 amide bonds. The van der Waals surface area contributed by atoms with Crippen molar-refractivity contribution in [1.29, 1.82) is 0 Å². The first-order valence-electron chi connectivity index (χ1n) is 11.4. The molecule has 8 heteroatoms. The van der Waals surface area contributed by atoms with Gasteiger partial charge in [0.2, 0.25) is 10.0 Å². The van der Waals surface area contributed by atoms with Crippen LogP contribution >= 0.6 is 0 Å². The Morgan fingerprint density at radius 2 is 1.82 bits per heavy atom. The van der Waals surface area contributed by atoms with Crippen LogP contribution in [0, 0.1) is 0 Å². The van der Waals surface area contributed by atoms with Crippen molar-refractivity contribution < 1.29 is 22.7 Å². The maximum atomic E-state index is 13.0. The first-order chi connectivity index (χ1) is 15.7. The van der Waals surface area contributed by atoms with Crippen molar-refractivity contribution in [2.75, 3.05) is 33.4 Å². The van der Waals surface area contributed by atoms with E-state index >= 15 is 0 Å². The van der Waals surface area contributed by atoms with E-state index in [9.17, 15) is 13.2 Å². The van der Waals surface area contributed by atoms with E-state index in [1.54, 1.807) is 19.2 Å². The minimum Gasteiger partial charge on any atom is -0.494 e. The van der Waals surface area contributed by atoms with Gasteiger partial charge >= 0.3 is 0 Å². The summed E-state index contributed by atoms with van der Waals surface area (Å²) in [5.41, 5.74) is 1.20. The fourth-order valence-corrected chi connectivity index (χ4v) is 5.41. The molecule has 33 heavy (non-hydrogen) atoms. The zero-order valence-electron chi connectivity index (χ0n) is 19.8. The fraction of sp³-hybridized carbons (Fsp3) is 0.480. The second-order valence-electron chi connectivity index (χ2n) is 8.68. The Morgan fingerprint density at radius 3 is 2.42 bits per heavy atom. The molecule has 0 radical (unpaired) electrons. The lowest BCUT2D eigenvalue weighted by atomic mass is 9.74. The molecular weight excluding hydrogens is 440 g/mol. The van der Waals surface area contributed by atoms with Gasteiger partial charge in [-0.2, -0.15) is 4.31 Å². The van der Waals surface area contributed by atoms with E-state index in [1.807, 2.05) is 32.9 Å². The van der Waals surface area contributed by atoms with Crippen molar-refractivity contribution in [2.45, 2.75) is 50.0 Å². The number of rotatable bonds is 9. The molecule has 3 rings (SSSR count). The molecule has 7 nitrogen and oxygen atoms in total. The minimum atomic E-state index is -3.67. The summed E-state index contributed by atoms with van der Waals surface area (Å²) in [6, 6.07) is 14.0. The quantitative estimate of drug-likeness (QED) is 0.600. The van der Waals surface area contributed by atoms with Gasteiger partial charge in [0.25, 0.3) is 5.91 Å². The molecule has 0 spiro atoms. The van der Waals surface area contributed by atoms with Crippen molar-refractivity contribution in [3.63, 3.8) is 0 Å². The number of ether oxygens (including phenoxy) is 2. The van der Waals surface area contributed by atoms with E-state index in [-0.39, 0.29) is 22.3 Å². The van der Waals surface area contributed by atoms with Gasteiger partial charge in [-0.15, -0.1) is 0 Å². The first-order valence-corrected chi connectivity index (χ1v) is 12.8. The third-order valence-electron chi connectivity index (χ3n) is 6.32. The summed E-state index contributed by atoms with van der Waals surface area (Å²) in [6.45, 7) is 7.86. The van der Waals surface area contributed by atoms with Crippen LogP contribution in [0.15, 0.2) is 53.4 Å². The Bertz CT molecular complexity index is 1040. The summed E-state index contributed by atoms with van der Waals surface area (Å²) < 4.78 is 38.1. The summed E-state index contributed by atoms with van der Waals surface area (Å²) in [7, 11) is -2.13. The SMILES string of the molecule is CCOc1ccc(C2(CNC(=O)c3cccc(S(=O)(=O)N(C)C(C)C)c3)CCOCC2)cc1. The second-order valence-corrected chi connectivity index (χ2v) is 10.7. The van der Waals surface area contributed by atoms with E-state index in [0.29, 0.717) is 31.9 Å². The third-order valence-corrected chi connectivity index (χ3v) is 8.34. The number of carbonyl (C=O) groups excluding carboxylic acids is 1. The van der Waals surface area contributed by atoms with Gasteiger partial charge in [-0.05, 0) is 69.5 Å². The first kappa shape index (κ1) is 25.2. The molecule has 1 saturated heterocycles. The van der Waals surface area contributed by atoms with Gasteiger partial charge in [0.05, 0.1) is 11.5 Å². The van der Waals surface area contributed by atoms with Gasteiger partial charge < -0.3 is 14.8 Å². The molecule has 1 aliphatic rings. The largest absolute Gasteiger partial charge is 0.494 e. The smallest absolute Gasteiger partial charge is 0.251 e. The maximum absolute atomic E-state index is 13.0. The molecule has 1 fully saturated rings. The molecule has 2 aromatic carbocycles. The van der Waals surface area contributed by atoms with Crippen LogP contribution in [-0.4, -0.2) is 58.1 Å². The highest BCUT2D eigenvalue weighted by Gasteiger charge is 2.35. The number of nitrogens with one attached hydrogen (secondary N) is 1. The average molecular weight is 475 g/mol. The van der Waals surface area contributed by atoms with Crippen LogP contribution in [0.3, 0.4) is 0 Å². The number of carbonyl (C=O) groups is 1. The van der Waals surface area contributed by atoms with Gasteiger partial charge in [0, 0.05) is 43.8 Å². The van der Waals surface area contributed by atoms with Crippen LogP contribution in [0.2, 0.25) is 0 Å². The summed E-state index contributed by atoms with van der Waals surface area (Å²) in [5.74, 6) is 0.521. The zero-order chi connectivity index (χ0) is 24.1. The molecule has 1 N–H and O–H groups in total. The molecule has 0 atom stereocenters.